The van der Waals surface area contributed by atoms with Gasteiger partial charge in [0.2, 0.25) is 0 Å². The molecule has 0 aliphatic carbocycles. The van der Waals surface area contributed by atoms with Crippen LogP contribution in [0.15, 0.2) is 0 Å². The number of nitrogens with zero attached hydrogens (tertiary/aromatic N) is 1. The molecule has 94 valence electrons. The molecule has 0 spiro atoms. The van der Waals surface area contributed by atoms with Crippen LogP contribution >= 0.6 is 12.2 Å². The molecule has 0 bridgehead atoms. The molecular formula is C12H24N2OS. The van der Waals surface area contributed by atoms with Crippen molar-refractivity contribution in [2.45, 2.75) is 39.2 Å². The third-order valence-corrected chi connectivity index (χ3v) is 3.10. The maximum atomic E-state index is 5.57. The molecule has 0 aromatic carbocycles. The second-order valence-electron chi connectivity index (χ2n) is 4.98. The van der Waals surface area contributed by atoms with E-state index in [1.165, 1.54) is 12.8 Å². The minimum atomic E-state index is 0.561. The smallest absolute Gasteiger partial charge is 0.0740 e. The van der Waals surface area contributed by atoms with Gasteiger partial charge in [-0.25, -0.2) is 0 Å². The average molecular weight is 244 g/mol. The molecule has 1 aliphatic rings. The number of ether oxygens (including phenoxy) is 1. The summed E-state index contributed by atoms with van der Waals surface area (Å²) in [6.45, 7) is 8.36. The monoisotopic (exact) mass is 244 g/mol. The van der Waals surface area contributed by atoms with Crippen molar-refractivity contribution < 1.29 is 4.74 Å². The predicted molar refractivity (Wildman–Crippen MR) is 71.7 cm³/mol. The van der Waals surface area contributed by atoms with Crippen LogP contribution in [0.2, 0.25) is 0 Å². The maximum absolute atomic E-state index is 5.57. The molecule has 0 amide bonds. The Balaban J connectivity index is 2.43. The van der Waals surface area contributed by atoms with Crippen molar-refractivity contribution in [2.24, 2.45) is 11.7 Å². The van der Waals surface area contributed by atoms with E-state index in [-0.39, 0.29) is 0 Å². The van der Waals surface area contributed by atoms with E-state index in [2.05, 4.69) is 18.7 Å². The number of thiocarbonyl (C=S) groups is 1. The van der Waals surface area contributed by atoms with Crippen molar-refractivity contribution in [3.63, 3.8) is 0 Å². The molecule has 0 aromatic heterocycles. The Bertz CT molecular complexity index is 215. The minimum Gasteiger partial charge on any atom is -0.393 e. The zero-order valence-corrected chi connectivity index (χ0v) is 11.3. The first-order chi connectivity index (χ1) is 7.59. The van der Waals surface area contributed by atoms with Crippen LogP contribution in [0.4, 0.5) is 0 Å². The summed E-state index contributed by atoms with van der Waals surface area (Å²) in [5.41, 5.74) is 5.57. The van der Waals surface area contributed by atoms with Crippen LogP contribution in [0.25, 0.3) is 0 Å². The van der Waals surface area contributed by atoms with Gasteiger partial charge in [-0.05, 0) is 18.8 Å². The van der Waals surface area contributed by atoms with Gasteiger partial charge in [0.1, 0.15) is 0 Å². The highest BCUT2D eigenvalue weighted by atomic mass is 32.1. The van der Waals surface area contributed by atoms with Gasteiger partial charge in [0.05, 0.1) is 11.6 Å². The topological polar surface area (TPSA) is 38.5 Å². The normalized spacial score (nSPS) is 21.6. The summed E-state index contributed by atoms with van der Waals surface area (Å²) in [5.74, 6) is 0.674. The van der Waals surface area contributed by atoms with Gasteiger partial charge < -0.3 is 10.5 Å². The predicted octanol–water partition coefficient (Wildman–Crippen LogP) is 1.80. The molecule has 0 aromatic rings. The van der Waals surface area contributed by atoms with E-state index >= 15 is 0 Å². The summed E-state index contributed by atoms with van der Waals surface area (Å²) in [5, 5.41) is 0. The standard InChI is InChI=1S/C12H24N2OS/c1-10(2)8-14(6-5-12(13)16)11-4-3-7-15-9-11/h10-11H,3-9H2,1-2H3,(H2,13,16). The van der Waals surface area contributed by atoms with Crippen LogP contribution < -0.4 is 5.73 Å². The third kappa shape index (κ3) is 5.23. The van der Waals surface area contributed by atoms with Gasteiger partial charge in [0.15, 0.2) is 0 Å². The Morgan fingerprint density at radius 2 is 2.31 bits per heavy atom. The number of hydrogen-bond donors (Lipinski definition) is 1. The van der Waals surface area contributed by atoms with Crippen LogP contribution in [-0.4, -0.2) is 42.2 Å². The quantitative estimate of drug-likeness (QED) is 0.723. The fraction of sp³-hybridized carbons (Fsp3) is 0.917. The van der Waals surface area contributed by atoms with E-state index in [9.17, 15) is 0 Å². The highest BCUT2D eigenvalue weighted by molar-refractivity contribution is 7.80. The van der Waals surface area contributed by atoms with Gasteiger partial charge in [0, 0.05) is 32.2 Å². The Kier molecular flexibility index (Phi) is 6.24. The largest absolute Gasteiger partial charge is 0.393 e. The Morgan fingerprint density at radius 1 is 1.56 bits per heavy atom. The fourth-order valence-corrected chi connectivity index (χ4v) is 2.25. The molecule has 16 heavy (non-hydrogen) atoms. The van der Waals surface area contributed by atoms with Crippen molar-refractivity contribution in [1.82, 2.24) is 4.90 Å². The van der Waals surface area contributed by atoms with Crippen molar-refractivity contribution in [3.8, 4) is 0 Å². The highest BCUT2D eigenvalue weighted by Gasteiger charge is 2.21. The van der Waals surface area contributed by atoms with E-state index < -0.39 is 0 Å². The third-order valence-electron chi connectivity index (χ3n) is 2.90. The first-order valence-corrected chi connectivity index (χ1v) is 6.60. The summed E-state index contributed by atoms with van der Waals surface area (Å²) in [6, 6.07) is 0.561. The number of nitrogens with two attached hydrogens (primary N) is 1. The van der Waals surface area contributed by atoms with Gasteiger partial charge in [-0.15, -0.1) is 0 Å². The first-order valence-electron chi connectivity index (χ1n) is 6.19. The minimum absolute atomic E-state index is 0.561. The van der Waals surface area contributed by atoms with Crippen LogP contribution in [0.5, 0.6) is 0 Å². The van der Waals surface area contributed by atoms with E-state index in [1.54, 1.807) is 0 Å². The van der Waals surface area contributed by atoms with Crippen molar-refractivity contribution in [1.29, 1.82) is 0 Å². The van der Waals surface area contributed by atoms with E-state index in [0.717, 1.165) is 32.7 Å². The van der Waals surface area contributed by atoms with Crippen LogP contribution in [0.3, 0.4) is 0 Å². The fourth-order valence-electron chi connectivity index (χ4n) is 2.16. The molecule has 1 saturated heterocycles. The van der Waals surface area contributed by atoms with Crippen LogP contribution in [-0.2, 0) is 4.74 Å². The molecule has 4 heteroatoms. The molecule has 0 radical (unpaired) electrons. The lowest BCUT2D eigenvalue weighted by atomic mass is 10.1. The lowest BCUT2D eigenvalue weighted by Crippen LogP contribution is -2.44. The van der Waals surface area contributed by atoms with Gasteiger partial charge in [-0.3, -0.25) is 4.90 Å². The Hall–Kier alpha value is -0.190. The van der Waals surface area contributed by atoms with E-state index in [4.69, 9.17) is 22.7 Å². The molecular weight excluding hydrogens is 220 g/mol. The zero-order chi connectivity index (χ0) is 12.0. The molecule has 1 heterocycles. The van der Waals surface area contributed by atoms with E-state index in [0.29, 0.717) is 16.9 Å². The summed E-state index contributed by atoms with van der Waals surface area (Å²) in [4.78, 5) is 3.11. The SMILES string of the molecule is CC(C)CN(CCC(N)=S)C1CCCOC1. The molecule has 1 fully saturated rings. The lowest BCUT2D eigenvalue weighted by Gasteiger charge is -2.35. The molecule has 3 nitrogen and oxygen atoms in total. The Labute approximate surface area is 104 Å². The van der Waals surface area contributed by atoms with Crippen LogP contribution in [0, 0.1) is 5.92 Å². The molecule has 1 rings (SSSR count). The molecule has 1 unspecified atom stereocenters. The maximum Gasteiger partial charge on any atom is 0.0740 e. The lowest BCUT2D eigenvalue weighted by molar-refractivity contribution is 0.0147. The molecule has 1 aliphatic heterocycles. The molecule has 0 saturated carbocycles. The zero-order valence-electron chi connectivity index (χ0n) is 10.4. The van der Waals surface area contributed by atoms with Gasteiger partial charge in [-0.1, -0.05) is 26.1 Å². The first kappa shape index (κ1) is 13.9. The summed E-state index contributed by atoms with van der Waals surface area (Å²) < 4.78 is 5.55. The number of hydrogen-bond acceptors (Lipinski definition) is 3. The van der Waals surface area contributed by atoms with E-state index in [1.807, 2.05) is 0 Å². The van der Waals surface area contributed by atoms with Crippen molar-refractivity contribution in [2.75, 3.05) is 26.3 Å². The second-order valence-corrected chi connectivity index (χ2v) is 5.50. The van der Waals surface area contributed by atoms with Gasteiger partial charge >= 0.3 is 0 Å². The van der Waals surface area contributed by atoms with Gasteiger partial charge in [0.25, 0.3) is 0 Å². The average Bonchev–Trinajstić information content (AvgIpc) is 2.25. The van der Waals surface area contributed by atoms with Crippen molar-refractivity contribution >= 4 is 17.2 Å². The Morgan fingerprint density at radius 3 is 2.81 bits per heavy atom. The molecule has 2 N–H and O–H groups in total. The highest BCUT2D eigenvalue weighted by Crippen LogP contribution is 2.15. The summed E-state index contributed by atoms with van der Waals surface area (Å²) in [7, 11) is 0. The summed E-state index contributed by atoms with van der Waals surface area (Å²) >= 11 is 4.95. The second kappa shape index (κ2) is 7.20. The van der Waals surface area contributed by atoms with Crippen LogP contribution in [0.1, 0.15) is 33.1 Å². The summed E-state index contributed by atoms with van der Waals surface area (Å²) in [6.07, 6.45) is 3.23. The number of rotatable bonds is 6. The molecule has 1 atom stereocenters. The van der Waals surface area contributed by atoms with Crippen molar-refractivity contribution in [3.05, 3.63) is 0 Å². The van der Waals surface area contributed by atoms with Gasteiger partial charge in [-0.2, -0.15) is 0 Å².